The van der Waals surface area contributed by atoms with E-state index in [2.05, 4.69) is 20.8 Å². The second-order valence-corrected chi connectivity index (χ2v) is 10.2. The molecule has 5 heteroatoms. The van der Waals surface area contributed by atoms with Crippen LogP contribution in [-0.4, -0.2) is 31.5 Å². The Hall–Kier alpha value is -0.440. The predicted octanol–water partition coefficient (Wildman–Crippen LogP) is 5.19. The molecule has 0 amide bonds. The fourth-order valence-electron chi connectivity index (χ4n) is 2.24. The second kappa shape index (κ2) is 13.9. The fraction of sp³-hybridized carbons (Fsp3) is 0.667. The van der Waals surface area contributed by atoms with Crippen LogP contribution in [0, 0.1) is 0 Å². The molecule has 0 fully saturated rings. The SMILES string of the molecule is CCCC[PH+](CCCC)CCCC.O=S(=O)([O-])c1ccccc1. The van der Waals surface area contributed by atoms with E-state index >= 15 is 0 Å². The lowest BCUT2D eigenvalue weighted by atomic mass is 10.4. The Balaban J connectivity index is 0.000000433. The van der Waals surface area contributed by atoms with Crippen molar-refractivity contribution in [3.63, 3.8) is 0 Å². The molecule has 1 aromatic carbocycles. The molecule has 0 unspecified atom stereocenters. The van der Waals surface area contributed by atoms with Gasteiger partial charge in [0, 0.05) is 7.92 Å². The molecule has 1 rings (SSSR count). The summed E-state index contributed by atoms with van der Waals surface area (Å²) in [7, 11) is -4.19. The van der Waals surface area contributed by atoms with E-state index in [1.54, 1.807) is 24.6 Å². The van der Waals surface area contributed by atoms with Crippen LogP contribution in [0.5, 0.6) is 0 Å². The molecule has 0 aliphatic heterocycles. The Morgan fingerprint density at radius 1 is 0.826 bits per heavy atom. The first-order valence-corrected chi connectivity index (χ1v) is 12.3. The number of unbranched alkanes of at least 4 members (excludes halogenated alkanes) is 3. The number of benzene rings is 1. The molecule has 0 N–H and O–H groups in total. The van der Waals surface area contributed by atoms with Crippen LogP contribution in [-0.2, 0) is 10.1 Å². The van der Waals surface area contributed by atoms with E-state index in [-0.39, 0.29) is 12.8 Å². The van der Waals surface area contributed by atoms with Crippen molar-refractivity contribution in [1.82, 2.24) is 0 Å². The maximum absolute atomic E-state index is 10.3. The summed E-state index contributed by atoms with van der Waals surface area (Å²) in [6.07, 6.45) is 13.4. The average Bonchev–Trinajstić information content (AvgIpc) is 2.55. The van der Waals surface area contributed by atoms with Gasteiger partial charge in [0.1, 0.15) is 10.1 Å². The molecule has 0 atom stereocenters. The molecule has 0 spiro atoms. The Bertz CT molecular complexity index is 455. The number of hydrogen-bond acceptors (Lipinski definition) is 3. The summed E-state index contributed by atoms with van der Waals surface area (Å²) in [5.74, 6) is 0. The third-order valence-corrected chi connectivity index (χ3v) is 7.72. The van der Waals surface area contributed by atoms with Crippen LogP contribution in [0.15, 0.2) is 35.2 Å². The quantitative estimate of drug-likeness (QED) is 0.426. The van der Waals surface area contributed by atoms with E-state index in [4.69, 9.17) is 0 Å². The minimum absolute atomic E-state index is 0.0675. The highest BCUT2D eigenvalue weighted by molar-refractivity contribution is 7.85. The highest BCUT2D eigenvalue weighted by Gasteiger charge is 2.12. The number of rotatable bonds is 10. The summed E-state index contributed by atoms with van der Waals surface area (Å²) >= 11 is 0. The Kier molecular flexibility index (Phi) is 13.7. The van der Waals surface area contributed by atoms with Crippen molar-refractivity contribution in [3.8, 4) is 0 Å². The third-order valence-electron chi connectivity index (χ3n) is 3.68. The minimum Gasteiger partial charge on any atom is -0.744 e. The topological polar surface area (TPSA) is 57.2 Å². The van der Waals surface area contributed by atoms with Crippen molar-refractivity contribution in [2.75, 3.05) is 18.5 Å². The lowest BCUT2D eigenvalue weighted by Gasteiger charge is -2.09. The van der Waals surface area contributed by atoms with Gasteiger partial charge in [-0.15, -0.1) is 0 Å². The van der Waals surface area contributed by atoms with E-state index < -0.39 is 10.1 Å². The van der Waals surface area contributed by atoms with Gasteiger partial charge in [-0.05, 0) is 31.4 Å². The Morgan fingerprint density at radius 2 is 1.22 bits per heavy atom. The second-order valence-electron chi connectivity index (χ2n) is 5.83. The van der Waals surface area contributed by atoms with Crippen molar-refractivity contribution in [3.05, 3.63) is 30.3 Å². The van der Waals surface area contributed by atoms with Crippen molar-refractivity contribution in [1.29, 1.82) is 0 Å². The average molecular weight is 360 g/mol. The van der Waals surface area contributed by atoms with Crippen molar-refractivity contribution >= 4 is 18.0 Å². The first-order chi connectivity index (χ1) is 11.0. The van der Waals surface area contributed by atoms with Crippen molar-refractivity contribution in [2.24, 2.45) is 0 Å². The molecule has 134 valence electrons. The van der Waals surface area contributed by atoms with Crippen molar-refractivity contribution < 1.29 is 13.0 Å². The maximum Gasteiger partial charge on any atom is 0.124 e. The summed E-state index contributed by atoms with van der Waals surface area (Å²) in [6.45, 7) is 6.96. The van der Waals surface area contributed by atoms with Gasteiger partial charge in [0.15, 0.2) is 0 Å². The highest BCUT2D eigenvalue weighted by atomic mass is 32.2. The molecule has 0 aliphatic rings. The molecule has 0 saturated heterocycles. The van der Waals surface area contributed by atoms with Crippen LogP contribution < -0.4 is 0 Å². The van der Waals surface area contributed by atoms with Crippen LogP contribution in [0.2, 0.25) is 0 Å². The van der Waals surface area contributed by atoms with Gasteiger partial charge in [-0.25, -0.2) is 8.42 Å². The predicted molar refractivity (Wildman–Crippen MR) is 102 cm³/mol. The lowest BCUT2D eigenvalue weighted by molar-refractivity contribution is 0.463. The molecule has 1 aromatic rings. The molecule has 23 heavy (non-hydrogen) atoms. The first-order valence-electron chi connectivity index (χ1n) is 8.80. The van der Waals surface area contributed by atoms with Gasteiger partial charge in [0.25, 0.3) is 0 Å². The molecule has 0 aliphatic carbocycles. The highest BCUT2D eigenvalue weighted by Crippen LogP contribution is 2.38. The zero-order valence-corrected chi connectivity index (χ0v) is 16.7. The minimum atomic E-state index is -4.25. The molecule has 0 heterocycles. The normalized spacial score (nSPS) is 11.2. The van der Waals surface area contributed by atoms with Gasteiger partial charge < -0.3 is 4.55 Å². The molecule has 0 bridgehead atoms. The van der Waals surface area contributed by atoms with Gasteiger partial charge in [-0.2, -0.15) is 0 Å². The number of hydrogen-bond donors (Lipinski definition) is 0. The Morgan fingerprint density at radius 3 is 1.48 bits per heavy atom. The molecule has 0 radical (unpaired) electrons. The van der Waals surface area contributed by atoms with Crippen LogP contribution in [0.1, 0.15) is 59.3 Å². The van der Waals surface area contributed by atoms with Gasteiger partial charge >= 0.3 is 0 Å². The van der Waals surface area contributed by atoms with Crippen molar-refractivity contribution in [2.45, 2.75) is 64.2 Å². The fourth-order valence-corrected chi connectivity index (χ4v) is 6.04. The molecular weight excluding hydrogens is 327 g/mol. The summed E-state index contributed by atoms with van der Waals surface area (Å²) in [4.78, 5) is -0.185. The van der Waals surface area contributed by atoms with E-state index in [9.17, 15) is 13.0 Å². The van der Waals surface area contributed by atoms with E-state index in [0.29, 0.717) is 0 Å². The lowest BCUT2D eigenvalue weighted by Crippen LogP contribution is -1.96. The molecular formula is C18H33O3PS. The smallest absolute Gasteiger partial charge is 0.124 e. The zero-order valence-electron chi connectivity index (χ0n) is 14.9. The Labute approximate surface area is 144 Å². The summed E-state index contributed by atoms with van der Waals surface area (Å²) in [5.41, 5.74) is 0. The molecule has 3 nitrogen and oxygen atoms in total. The summed E-state index contributed by atoms with van der Waals surface area (Å²) in [5, 5.41) is 0. The molecule has 0 aromatic heterocycles. The van der Waals surface area contributed by atoms with Gasteiger partial charge in [0.2, 0.25) is 0 Å². The van der Waals surface area contributed by atoms with Crippen LogP contribution in [0.25, 0.3) is 0 Å². The first kappa shape index (κ1) is 22.6. The maximum atomic E-state index is 10.3. The van der Waals surface area contributed by atoms with Gasteiger partial charge in [-0.1, -0.05) is 58.2 Å². The van der Waals surface area contributed by atoms with E-state index in [0.717, 1.165) is 0 Å². The third kappa shape index (κ3) is 12.6. The van der Waals surface area contributed by atoms with Crippen LogP contribution >= 0.6 is 7.92 Å². The van der Waals surface area contributed by atoms with Crippen LogP contribution in [0.4, 0.5) is 0 Å². The van der Waals surface area contributed by atoms with Gasteiger partial charge in [-0.3, -0.25) is 0 Å². The summed E-state index contributed by atoms with van der Waals surface area (Å²) in [6, 6.07) is 7.19. The van der Waals surface area contributed by atoms with E-state index in [1.807, 2.05) is 0 Å². The molecule has 0 saturated carbocycles. The van der Waals surface area contributed by atoms with Crippen LogP contribution in [0.3, 0.4) is 0 Å². The zero-order chi connectivity index (χ0) is 17.6. The monoisotopic (exact) mass is 360 g/mol. The summed E-state index contributed by atoms with van der Waals surface area (Å²) < 4.78 is 30.8. The standard InChI is InChI=1S/C12H27P.C6H6O3S/c1-4-7-10-13(11-8-5-2)12-9-6-3;7-10(8,9)6-4-2-1-3-5-6/h4-12H2,1-3H3;1-5H,(H,7,8,9). The van der Waals surface area contributed by atoms with E-state index in [1.165, 1.54) is 62.8 Å². The largest absolute Gasteiger partial charge is 0.744 e. The van der Waals surface area contributed by atoms with Gasteiger partial charge in [0.05, 0.1) is 23.4 Å².